The van der Waals surface area contributed by atoms with Crippen molar-refractivity contribution in [3.8, 4) is 0 Å². The van der Waals surface area contributed by atoms with Crippen LogP contribution in [0.15, 0.2) is 47.6 Å². The van der Waals surface area contributed by atoms with Crippen LogP contribution < -0.4 is 5.32 Å². The van der Waals surface area contributed by atoms with Crippen LogP contribution in [0.2, 0.25) is 5.15 Å². The van der Waals surface area contributed by atoms with Crippen LogP contribution >= 0.6 is 11.6 Å². The number of halogens is 1. The highest BCUT2D eigenvalue weighted by molar-refractivity contribution is 6.33. The van der Waals surface area contributed by atoms with Gasteiger partial charge in [-0.3, -0.25) is 4.99 Å². The lowest BCUT2D eigenvalue weighted by Crippen LogP contribution is -2.19. The Bertz CT molecular complexity index is 593. The molecule has 0 spiro atoms. The number of nitrogens with zero attached hydrogens (tertiary/aromatic N) is 2. The maximum Gasteiger partial charge on any atom is 0.139 e. The minimum Gasteiger partial charge on any atom is -0.340 e. The van der Waals surface area contributed by atoms with Crippen molar-refractivity contribution >= 4 is 23.1 Å². The van der Waals surface area contributed by atoms with Gasteiger partial charge < -0.3 is 5.32 Å². The number of hydrogen-bond acceptors (Lipinski definition) is 3. The Morgan fingerprint density at radius 1 is 1.12 bits per heavy atom. The summed E-state index contributed by atoms with van der Waals surface area (Å²) in [5.74, 6) is 0.779. The normalized spacial score (nSPS) is 13.6. The number of hydrogen-bond donors (Lipinski definition) is 1. The number of rotatable bonds is 1. The lowest BCUT2D eigenvalue weighted by atomic mass is 10.1. The molecule has 1 aliphatic rings. The summed E-state index contributed by atoms with van der Waals surface area (Å²) in [4.78, 5) is 8.54. The van der Waals surface area contributed by atoms with E-state index in [1.165, 1.54) is 5.56 Å². The van der Waals surface area contributed by atoms with Crippen LogP contribution in [0.4, 0.5) is 5.69 Å². The maximum absolute atomic E-state index is 6.05. The first-order chi connectivity index (χ1) is 8.34. The summed E-state index contributed by atoms with van der Waals surface area (Å²) < 4.78 is 0. The van der Waals surface area contributed by atoms with Gasteiger partial charge >= 0.3 is 0 Å². The molecule has 1 N–H and O–H groups in total. The van der Waals surface area contributed by atoms with Crippen LogP contribution in [0.25, 0.3) is 0 Å². The predicted octanol–water partition coefficient (Wildman–Crippen LogP) is 3.11. The fourth-order valence-electron chi connectivity index (χ4n) is 1.83. The smallest absolute Gasteiger partial charge is 0.139 e. The maximum atomic E-state index is 6.05. The number of amidine groups is 1. The molecule has 0 saturated heterocycles. The minimum absolute atomic E-state index is 0.470. The quantitative estimate of drug-likeness (QED) is 0.782. The summed E-state index contributed by atoms with van der Waals surface area (Å²) >= 11 is 6.05. The Morgan fingerprint density at radius 3 is 2.88 bits per heavy atom. The molecule has 1 aromatic carbocycles. The zero-order chi connectivity index (χ0) is 11.7. The standard InChI is InChI=1S/C13H10ClN3/c14-12-10(5-3-7-15-12)13-16-8-9-4-1-2-6-11(9)17-13/h1-7H,8H2,(H,16,17). The molecule has 0 bridgehead atoms. The molecule has 3 nitrogen and oxygen atoms in total. The van der Waals surface area contributed by atoms with E-state index in [0.717, 1.165) is 17.1 Å². The van der Waals surface area contributed by atoms with E-state index in [0.29, 0.717) is 11.7 Å². The summed E-state index contributed by atoms with van der Waals surface area (Å²) in [6, 6.07) is 11.9. The average molecular weight is 244 g/mol. The van der Waals surface area contributed by atoms with E-state index in [9.17, 15) is 0 Å². The Balaban J connectivity index is 1.99. The lowest BCUT2D eigenvalue weighted by Gasteiger charge is -2.18. The first-order valence-electron chi connectivity index (χ1n) is 5.35. The van der Waals surface area contributed by atoms with Crippen LogP contribution in [-0.2, 0) is 6.54 Å². The zero-order valence-electron chi connectivity index (χ0n) is 9.02. The molecule has 0 atom stereocenters. The van der Waals surface area contributed by atoms with Gasteiger partial charge in [-0.2, -0.15) is 0 Å². The van der Waals surface area contributed by atoms with Crippen LogP contribution in [0, 0.1) is 0 Å². The second-order valence-corrected chi connectivity index (χ2v) is 4.15. The van der Waals surface area contributed by atoms with E-state index in [2.05, 4.69) is 21.4 Å². The van der Waals surface area contributed by atoms with Gasteiger partial charge in [-0.25, -0.2) is 4.98 Å². The Labute approximate surface area is 104 Å². The molecule has 0 aliphatic carbocycles. The summed E-state index contributed by atoms with van der Waals surface area (Å²) in [7, 11) is 0. The number of fused-ring (bicyclic) bond motifs is 1. The molecule has 0 fully saturated rings. The van der Waals surface area contributed by atoms with Crippen molar-refractivity contribution in [2.24, 2.45) is 4.99 Å². The lowest BCUT2D eigenvalue weighted by molar-refractivity contribution is 1.05. The van der Waals surface area contributed by atoms with Crippen molar-refractivity contribution in [3.05, 3.63) is 58.9 Å². The van der Waals surface area contributed by atoms with Gasteiger partial charge in [0.15, 0.2) is 0 Å². The van der Waals surface area contributed by atoms with E-state index in [1.807, 2.05) is 30.3 Å². The molecular formula is C13H10ClN3. The zero-order valence-corrected chi connectivity index (χ0v) is 9.78. The van der Waals surface area contributed by atoms with Crippen LogP contribution in [0.3, 0.4) is 0 Å². The van der Waals surface area contributed by atoms with Gasteiger partial charge in [0, 0.05) is 11.9 Å². The van der Waals surface area contributed by atoms with Crippen molar-refractivity contribution in [3.63, 3.8) is 0 Å². The van der Waals surface area contributed by atoms with E-state index >= 15 is 0 Å². The van der Waals surface area contributed by atoms with Crippen molar-refractivity contribution in [1.29, 1.82) is 0 Å². The fraction of sp³-hybridized carbons (Fsp3) is 0.0769. The van der Waals surface area contributed by atoms with E-state index in [4.69, 9.17) is 11.6 Å². The van der Waals surface area contributed by atoms with Gasteiger partial charge in [-0.1, -0.05) is 29.8 Å². The Kier molecular flexibility index (Phi) is 2.53. The Hall–Kier alpha value is -1.87. The first kappa shape index (κ1) is 10.3. The summed E-state index contributed by atoms with van der Waals surface area (Å²) in [6.07, 6.45) is 1.67. The molecule has 2 heterocycles. The minimum atomic E-state index is 0.470. The SMILES string of the molecule is Clc1ncccc1C1=NCc2ccccc2N1. The number of aliphatic imine (C=N–C) groups is 1. The summed E-state index contributed by atoms with van der Waals surface area (Å²) in [5.41, 5.74) is 3.11. The van der Waals surface area contributed by atoms with E-state index < -0.39 is 0 Å². The molecule has 0 amide bonds. The Morgan fingerprint density at radius 2 is 2.00 bits per heavy atom. The van der Waals surface area contributed by atoms with Crippen LogP contribution in [0.1, 0.15) is 11.1 Å². The van der Waals surface area contributed by atoms with Gasteiger partial charge in [0.1, 0.15) is 11.0 Å². The summed E-state index contributed by atoms with van der Waals surface area (Å²) in [5, 5.41) is 3.75. The topological polar surface area (TPSA) is 37.3 Å². The highest BCUT2D eigenvalue weighted by Gasteiger charge is 2.14. The molecule has 1 aliphatic heterocycles. The third-order valence-electron chi connectivity index (χ3n) is 2.69. The second-order valence-electron chi connectivity index (χ2n) is 3.79. The number of para-hydroxylation sites is 1. The van der Waals surface area contributed by atoms with Crippen molar-refractivity contribution in [1.82, 2.24) is 4.98 Å². The molecule has 0 unspecified atom stereocenters. The summed E-state index contributed by atoms with van der Waals surface area (Å²) in [6.45, 7) is 0.670. The number of benzene rings is 1. The van der Waals surface area contributed by atoms with Gasteiger partial charge in [0.05, 0.1) is 12.1 Å². The average Bonchev–Trinajstić information content (AvgIpc) is 2.39. The molecule has 2 aromatic rings. The third-order valence-corrected chi connectivity index (χ3v) is 2.99. The molecular weight excluding hydrogens is 234 g/mol. The predicted molar refractivity (Wildman–Crippen MR) is 69.6 cm³/mol. The first-order valence-corrected chi connectivity index (χ1v) is 5.72. The molecule has 0 radical (unpaired) electrons. The number of pyridine rings is 1. The van der Waals surface area contributed by atoms with E-state index in [-0.39, 0.29) is 0 Å². The van der Waals surface area contributed by atoms with Crippen LogP contribution in [0.5, 0.6) is 0 Å². The number of nitrogens with one attached hydrogen (secondary N) is 1. The van der Waals surface area contributed by atoms with Gasteiger partial charge in [-0.05, 0) is 23.8 Å². The van der Waals surface area contributed by atoms with Gasteiger partial charge in [0.25, 0.3) is 0 Å². The van der Waals surface area contributed by atoms with Gasteiger partial charge in [0.2, 0.25) is 0 Å². The fourth-order valence-corrected chi connectivity index (χ4v) is 2.04. The molecule has 1 aromatic heterocycles. The number of anilines is 1. The molecule has 3 rings (SSSR count). The highest BCUT2D eigenvalue weighted by Crippen LogP contribution is 2.23. The van der Waals surface area contributed by atoms with Crippen molar-refractivity contribution in [2.45, 2.75) is 6.54 Å². The van der Waals surface area contributed by atoms with Crippen LogP contribution in [-0.4, -0.2) is 10.8 Å². The van der Waals surface area contributed by atoms with E-state index in [1.54, 1.807) is 6.20 Å². The molecule has 17 heavy (non-hydrogen) atoms. The second kappa shape index (κ2) is 4.18. The highest BCUT2D eigenvalue weighted by atomic mass is 35.5. The van der Waals surface area contributed by atoms with Gasteiger partial charge in [-0.15, -0.1) is 0 Å². The third kappa shape index (κ3) is 1.89. The van der Waals surface area contributed by atoms with Crippen molar-refractivity contribution in [2.75, 3.05) is 5.32 Å². The largest absolute Gasteiger partial charge is 0.340 e. The van der Waals surface area contributed by atoms with Crippen molar-refractivity contribution < 1.29 is 0 Å². The molecule has 84 valence electrons. The number of aromatic nitrogens is 1. The molecule has 4 heteroatoms. The monoisotopic (exact) mass is 243 g/mol. The molecule has 0 saturated carbocycles.